The first kappa shape index (κ1) is 6.42. The van der Waals surface area contributed by atoms with Crippen molar-refractivity contribution in [3.8, 4) is 0 Å². The van der Waals surface area contributed by atoms with E-state index in [1.807, 2.05) is 6.92 Å². The lowest BCUT2D eigenvalue weighted by molar-refractivity contribution is 0.660. The van der Waals surface area contributed by atoms with Gasteiger partial charge < -0.3 is 5.73 Å². The van der Waals surface area contributed by atoms with E-state index >= 15 is 0 Å². The first-order valence-electron chi connectivity index (χ1n) is 2.72. The molecule has 50 valence electrons. The number of anilines is 1. The van der Waals surface area contributed by atoms with Gasteiger partial charge in [-0.05, 0) is 6.92 Å². The van der Waals surface area contributed by atoms with E-state index in [9.17, 15) is 0 Å². The van der Waals surface area contributed by atoms with Gasteiger partial charge in [0.25, 0.3) is 0 Å². The quantitative estimate of drug-likeness (QED) is 0.644. The minimum absolute atomic E-state index is 0.386. The Morgan fingerprint density at radius 3 is 2.78 bits per heavy atom. The van der Waals surface area contributed by atoms with Crippen molar-refractivity contribution in [3.63, 3.8) is 0 Å². The van der Waals surface area contributed by atoms with Crippen molar-refractivity contribution in [2.45, 2.75) is 13.5 Å². The zero-order valence-corrected chi connectivity index (χ0v) is 5.89. The minimum Gasteiger partial charge on any atom is -0.395 e. The van der Waals surface area contributed by atoms with Crippen molar-refractivity contribution < 1.29 is 0 Å². The molecule has 0 saturated heterocycles. The van der Waals surface area contributed by atoms with Crippen molar-refractivity contribution in [1.82, 2.24) is 9.78 Å². The van der Waals surface area contributed by atoms with Gasteiger partial charge in [-0.25, -0.2) is 0 Å². The lowest BCUT2D eigenvalue weighted by Gasteiger charge is -1.88. The summed E-state index contributed by atoms with van der Waals surface area (Å²) in [6.45, 7) is 2.78. The van der Waals surface area contributed by atoms with E-state index in [2.05, 4.69) is 5.10 Å². The van der Waals surface area contributed by atoms with Crippen LogP contribution >= 0.6 is 11.6 Å². The van der Waals surface area contributed by atoms with Crippen LogP contribution in [0.25, 0.3) is 0 Å². The molecule has 0 aliphatic rings. The molecule has 1 heterocycles. The predicted octanol–water partition coefficient (Wildman–Crippen LogP) is 1.14. The highest BCUT2D eigenvalue weighted by Gasteiger charge is 1.98. The molecule has 0 unspecified atom stereocenters. The van der Waals surface area contributed by atoms with Crippen LogP contribution in [-0.4, -0.2) is 9.78 Å². The van der Waals surface area contributed by atoms with Gasteiger partial charge in [0, 0.05) is 12.7 Å². The van der Waals surface area contributed by atoms with Crippen molar-refractivity contribution in [1.29, 1.82) is 0 Å². The second-order valence-electron chi connectivity index (χ2n) is 1.73. The summed E-state index contributed by atoms with van der Waals surface area (Å²) in [6.07, 6.45) is 1.71. The molecule has 0 amide bonds. The average molecular weight is 146 g/mol. The smallest absolute Gasteiger partial charge is 0.173 e. The van der Waals surface area contributed by atoms with Crippen molar-refractivity contribution in [2.75, 3.05) is 5.73 Å². The van der Waals surface area contributed by atoms with Crippen LogP contribution in [-0.2, 0) is 6.54 Å². The Balaban J connectivity index is 2.98. The van der Waals surface area contributed by atoms with Crippen LogP contribution in [0.15, 0.2) is 6.20 Å². The Morgan fingerprint density at radius 2 is 2.56 bits per heavy atom. The predicted molar refractivity (Wildman–Crippen MR) is 37.3 cm³/mol. The Morgan fingerprint density at radius 1 is 1.89 bits per heavy atom. The molecule has 3 nitrogen and oxygen atoms in total. The molecule has 0 radical (unpaired) electrons. The Bertz CT molecular complexity index is 186. The number of aryl methyl sites for hydroxylation is 1. The molecule has 0 aliphatic carbocycles. The van der Waals surface area contributed by atoms with Crippen LogP contribution in [0.5, 0.6) is 0 Å². The molecular weight excluding hydrogens is 138 g/mol. The number of halogens is 1. The van der Waals surface area contributed by atoms with Crippen LogP contribution in [0.3, 0.4) is 0 Å². The fourth-order valence-corrected chi connectivity index (χ4v) is 0.721. The third-order valence-electron chi connectivity index (χ3n) is 1.07. The Hall–Kier alpha value is -0.700. The van der Waals surface area contributed by atoms with Gasteiger partial charge >= 0.3 is 0 Å². The fraction of sp³-hybridized carbons (Fsp3) is 0.400. The molecule has 0 aliphatic heterocycles. The molecule has 0 bridgehead atoms. The molecule has 1 rings (SSSR count). The minimum atomic E-state index is 0.386. The Kier molecular flexibility index (Phi) is 1.62. The first-order valence-corrected chi connectivity index (χ1v) is 3.10. The van der Waals surface area contributed by atoms with Gasteiger partial charge in [-0.15, -0.1) is 0 Å². The first-order chi connectivity index (χ1) is 4.24. The van der Waals surface area contributed by atoms with E-state index in [0.29, 0.717) is 10.8 Å². The van der Waals surface area contributed by atoms with Crippen molar-refractivity contribution >= 4 is 17.3 Å². The number of hydrogen-bond donors (Lipinski definition) is 1. The summed E-state index contributed by atoms with van der Waals surface area (Å²) in [5.74, 6) is 0. The maximum absolute atomic E-state index is 5.55. The number of nitrogens with two attached hydrogens (primary N) is 1. The summed E-state index contributed by atoms with van der Waals surface area (Å²) in [7, 11) is 0. The maximum Gasteiger partial charge on any atom is 0.173 e. The van der Waals surface area contributed by atoms with Crippen LogP contribution in [0.1, 0.15) is 6.92 Å². The number of nitrogen functional groups attached to an aromatic ring is 1. The molecule has 0 atom stereocenters. The van der Waals surface area contributed by atoms with Gasteiger partial charge in [0.15, 0.2) is 5.15 Å². The van der Waals surface area contributed by atoms with Gasteiger partial charge in [-0.1, -0.05) is 11.6 Å². The van der Waals surface area contributed by atoms with E-state index in [-0.39, 0.29) is 0 Å². The lowest BCUT2D eigenvalue weighted by Crippen LogP contribution is -1.92. The summed E-state index contributed by atoms with van der Waals surface area (Å²) in [4.78, 5) is 0. The highest BCUT2D eigenvalue weighted by atomic mass is 35.5. The van der Waals surface area contributed by atoms with Crippen LogP contribution < -0.4 is 5.73 Å². The summed E-state index contributed by atoms with van der Waals surface area (Å²) in [6, 6.07) is 0. The molecule has 0 fully saturated rings. The van der Waals surface area contributed by atoms with Crippen molar-refractivity contribution in [3.05, 3.63) is 11.3 Å². The normalized spacial score (nSPS) is 10.0. The average Bonchev–Trinajstić information content (AvgIpc) is 2.13. The topological polar surface area (TPSA) is 43.8 Å². The van der Waals surface area contributed by atoms with Gasteiger partial charge in [0.1, 0.15) is 0 Å². The van der Waals surface area contributed by atoms with Crippen LogP contribution in [0.2, 0.25) is 5.15 Å². The SMILES string of the molecule is CCn1cc(N)c(Cl)n1. The number of nitrogens with zero attached hydrogens (tertiary/aromatic N) is 2. The van der Waals surface area contributed by atoms with E-state index < -0.39 is 0 Å². The molecule has 0 aromatic carbocycles. The summed E-state index contributed by atoms with van der Waals surface area (Å²) in [5, 5.41) is 4.27. The second-order valence-corrected chi connectivity index (χ2v) is 2.09. The van der Waals surface area contributed by atoms with E-state index in [1.54, 1.807) is 10.9 Å². The highest BCUT2D eigenvalue weighted by molar-refractivity contribution is 6.31. The molecule has 0 saturated carbocycles. The highest BCUT2D eigenvalue weighted by Crippen LogP contribution is 2.13. The standard InChI is InChI=1S/C5H8ClN3/c1-2-9-3-4(7)5(6)8-9/h3H,2,7H2,1H3. The molecular formula is C5H8ClN3. The van der Waals surface area contributed by atoms with E-state index in [1.165, 1.54) is 0 Å². The molecule has 4 heteroatoms. The molecule has 0 spiro atoms. The Labute approximate surface area is 58.4 Å². The van der Waals surface area contributed by atoms with Crippen LogP contribution in [0, 0.1) is 0 Å². The zero-order valence-electron chi connectivity index (χ0n) is 5.13. The van der Waals surface area contributed by atoms with E-state index in [0.717, 1.165) is 6.54 Å². The number of aromatic nitrogens is 2. The van der Waals surface area contributed by atoms with Crippen LogP contribution in [0.4, 0.5) is 5.69 Å². The number of hydrogen-bond acceptors (Lipinski definition) is 2. The van der Waals surface area contributed by atoms with Gasteiger partial charge in [-0.2, -0.15) is 5.10 Å². The lowest BCUT2D eigenvalue weighted by atomic mass is 10.6. The molecule has 2 N–H and O–H groups in total. The van der Waals surface area contributed by atoms with E-state index in [4.69, 9.17) is 17.3 Å². The monoisotopic (exact) mass is 145 g/mol. The molecule has 1 aromatic heterocycles. The summed E-state index contributed by atoms with van der Waals surface area (Å²) in [5.41, 5.74) is 5.94. The zero-order chi connectivity index (χ0) is 6.85. The third-order valence-corrected chi connectivity index (χ3v) is 1.36. The number of rotatable bonds is 1. The van der Waals surface area contributed by atoms with Gasteiger partial charge in [-0.3, -0.25) is 4.68 Å². The molecule has 9 heavy (non-hydrogen) atoms. The fourth-order valence-electron chi connectivity index (χ4n) is 0.575. The largest absolute Gasteiger partial charge is 0.395 e. The molecule has 1 aromatic rings. The summed E-state index contributed by atoms with van der Waals surface area (Å²) >= 11 is 5.55. The maximum atomic E-state index is 5.55. The van der Waals surface area contributed by atoms with Gasteiger partial charge in [0.2, 0.25) is 0 Å². The second kappa shape index (κ2) is 2.27. The van der Waals surface area contributed by atoms with Gasteiger partial charge in [0.05, 0.1) is 5.69 Å². The third kappa shape index (κ3) is 1.16. The summed E-state index contributed by atoms with van der Waals surface area (Å²) < 4.78 is 1.69. The van der Waals surface area contributed by atoms with Crippen molar-refractivity contribution in [2.24, 2.45) is 0 Å².